The van der Waals surface area contributed by atoms with Crippen LogP contribution in [0.4, 0.5) is 18.9 Å². The van der Waals surface area contributed by atoms with Gasteiger partial charge >= 0.3 is 6.18 Å². The zero-order valence-electron chi connectivity index (χ0n) is 14.3. The number of fused-ring (bicyclic) bond motifs is 1. The number of rotatable bonds is 3. The Morgan fingerprint density at radius 2 is 1.96 bits per heavy atom. The van der Waals surface area contributed by atoms with Crippen molar-refractivity contribution in [2.75, 3.05) is 5.32 Å². The lowest BCUT2D eigenvalue weighted by molar-refractivity contribution is -0.137. The first-order chi connectivity index (χ1) is 12.6. The Balaban J connectivity index is 2.14. The summed E-state index contributed by atoms with van der Waals surface area (Å²) in [6.45, 7) is 3.51. The summed E-state index contributed by atoms with van der Waals surface area (Å²) in [4.78, 5) is 17.1. The van der Waals surface area contributed by atoms with Gasteiger partial charge in [-0.15, -0.1) is 0 Å². The van der Waals surface area contributed by atoms with Crippen molar-refractivity contribution >= 4 is 40.4 Å². The number of nitrogens with zero attached hydrogens (tertiary/aromatic N) is 2. The third-order valence-electron chi connectivity index (χ3n) is 4.06. The summed E-state index contributed by atoms with van der Waals surface area (Å²) in [6.07, 6.45) is -3.42. The minimum Gasteiger partial charge on any atom is -0.320 e. The average molecular weight is 416 g/mol. The van der Waals surface area contributed by atoms with Crippen molar-refractivity contribution in [2.45, 2.75) is 26.4 Å². The second-order valence-electron chi connectivity index (χ2n) is 5.94. The van der Waals surface area contributed by atoms with Crippen molar-refractivity contribution in [3.05, 3.63) is 63.0 Å². The molecule has 2 aromatic heterocycles. The lowest BCUT2D eigenvalue weighted by Gasteiger charge is -2.11. The highest BCUT2D eigenvalue weighted by Crippen LogP contribution is 2.33. The van der Waals surface area contributed by atoms with Crippen molar-refractivity contribution < 1.29 is 18.0 Å². The van der Waals surface area contributed by atoms with Gasteiger partial charge < -0.3 is 5.32 Å². The van der Waals surface area contributed by atoms with Gasteiger partial charge in [-0.25, -0.2) is 4.98 Å². The Morgan fingerprint density at radius 1 is 1.26 bits per heavy atom. The van der Waals surface area contributed by atoms with E-state index in [2.05, 4.69) is 10.3 Å². The largest absolute Gasteiger partial charge is 0.417 e. The van der Waals surface area contributed by atoms with Crippen LogP contribution in [0.5, 0.6) is 0 Å². The first kappa shape index (κ1) is 19.5. The van der Waals surface area contributed by atoms with Gasteiger partial charge in [0.05, 0.1) is 16.3 Å². The molecule has 0 saturated heterocycles. The van der Waals surface area contributed by atoms with E-state index in [4.69, 9.17) is 23.2 Å². The van der Waals surface area contributed by atoms with E-state index in [9.17, 15) is 18.0 Å². The molecule has 0 saturated carbocycles. The molecule has 2 heterocycles. The number of amides is 1. The number of imidazole rings is 1. The molecule has 0 fully saturated rings. The fraction of sp³-hybridized carbons (Fsp3) is 0.222. The fourth-order valence-corrected chi connectivity index (χ4v) is 3.22. The molecule has 1 aromatic carbocycles. The summed E-state index contributed by atoms with van der Waals surface area (Å²) in [6, 6.07) is 5.70. The molecule has 0 aliphatic carbocycles. The Morgan fingerprint density at radius 3 is 2.56 bits per heavy atom. The van der Waals surface area contributed by atoms with Gasteiger partial charge in [-0.05, 0) is 43.2 Å². The second-order valence-corrected chi connectivity index (χ2v) is 6.79. The number of benzene rings is 1. The van der Waals surface area contributed by atoms with Crippen LogP contribution in [0, 0.1) is 6.92 Å². The number of halogens is 5. The van der Waals surface area contributed by atoms with Crippen LogP contribution in [0.25, 0.3) is 5.65 Å². The molecule has 3 aromatic rings. The molecule has 0 unspecified atom stereocenters. The van der Waals surface area contributed by atoms with Crippen LogP contribution < -0.4 is 5.32 Å². The number of aromatic nitrogens is 2. The first-order valence-electron chi connectivity index (χ1n) is 7.97. The highest BCUT2D eigenvalue weighted by atomic mass is 35.5. The predicted molar refractivity (Wildman–Crippen MR) is 98.7 cm³/mol. The Labute approximate surface area is 162 Å². The van der Waals surface area contributed by atoms with Gasteiger partial charge in [0, 0.05) is 16.9 Å². The van der Waals surface area contributed by atoms with Gasteiger partial charge in [0.15, 0.2) is 5.65 Å². The van der Waals surface area contributed by atoms with Crippen molar-refractivity contribution in [3.63, 3.8) is 0 Å². The number of aryl methyl sites for hydroxylation is 2. The molecule has 0 spiro atoms. The highest BCUT2D eigenvalue weighted by molar-refractivity contribution is 6.33. The number of carbonyl (C=O) groups is 1. The Kier molecular flexibility index (Phi) is 5.10. The Hall–Kier alpha value is -2.25. The van der Waals surface area contributed by atoms with E-state index in [0.717, 1.165) is 22.2 Å². The molecule has 0 atom stereocenters. The van der Waals surface area contributed by atoms with Gasteiger partial charge in [0.1, 0.15) is 5.69 Å². The van der Waals surface area contributed by atoms with Crippen molar-refractivity contribution in [1.82, 2.24) is 9.38 Å². The maximum absolute atomic E-state index is 13.1. The van der Waals surface area contributed by atoms with Crippen LogP contribution in [-0.2, 0) is 12.6 Å². The molecule has 0 aliphatic rings. The number of hydrogen-bond donors (Lipinski definition) is 1. The zero-order valence-corrected chi connectivity index (χ0v) is 15.8. The SMILES string of the molecule is CCc1nc2c(Cl)cc(C(F)(F)F)cn2c1C(=O)Nc1ccc(Cl)cc1C. The molecule has 27 heavy (non-hydrogen) atoms. The van der Waals surface area contributed by atoms with Gasteiger partial charge in [0.2, 0.25) is 0 Å². The topological polar surface area (TPSA) is 46.4 Å². The van der Waals surface area contributed by atoms with Crippen molar-refractivity contribution in [3.8, 4) is 0 Å². The lowest BCUT2D eigenvalue weighted by Crippen LogP contribution is -2.17. The van der Waals surface area contributed by atoms with E-state index in [-0.39, 0.29) is 16.4 Å². The molecule has 0 bridgehead atoms. The van der Waals surface area contributed by atoms with E-state index in [0.29, 0.717) is 22.8 Å². The number of alkyl halides is 3. The van der Waals surface area contributed by atoms with Crippen LogP contribution in [0.3, 0.4) is 0 Å². The van der Waals surface area contributed by atoms with E-state index >= 15 is 0 Å². The number of hydrogen-bond acceptors (Lipinski definition) is 2. The van der Waals surface area contributed by atoms with Crippen LogP contribution >= 0.6 is 23.2 Å². The minimum atomic E-state index is -4.60. The van der Waals surface area contributed by atoms with Gasteiger partial charge in [-0.2, -0.15) is 13.2 Å². The maximum Gasteiger partial charge on any atom is 0.417 e. The molecule has 0 aliphatic heterocycles. The number of anilines is 1. The summed E-state index contributed by atoms with van der Waals surface area (Å²) in [7, 11) is 0. The van der Waals surface area contributed by atoms with Crippen LogP contribution in [0.15, 0.2) is 30.5 Å². The quantitative estimate of drug-likeness (QED) is 0.588. The van der Waals surface area contributed by atoms with Crippen molar-refractivity contribution in [1.29, 1.82) is 0 Å². The molecule has 0 radical (unpaired) electrons. The van der Waals surface area contributed by atoms with Gasteiger partial charge in [-0.3, -0.25) is 9.20 Å². The molecular formula is C18H14Cl2F3N3O. The summed E-state index contributed by atoms with van der Waals surface area (Å²) < 4.78 is 40.5. The van der Waals surface area contributed by atoms with Crippen LogP contribution in [0.1, 0.15) is 34.2 Å². The molecular weight excluding hydrogens is 402 g/mol. The van der Waals surface area contributed by atoms with E-state index in [1.54, 1.807) is 32.0 Å². The van der Waals surface area contributed by atoms with E-state index in [1.165, 1.54) is 0 Å². The molecule has 1 N–H and O–H groups in total. The summed E-state index contributed by atoms with van der Waals surface area (Å²) in [5, 5.41) is 3.03. The van der Waals surface area contributed by atoms with Crippen LogP contribution in [-0.4, -0.2) is 15.3 Å². The third kappa shape index (κ3) is 3.75. The number of nitrogens with one attached hydrogen (secondary N) is 1. The highest BCUT2D eigenvalue weighted by Gasteiger charge is 2.33. The normalized spacial score (nSPS) is 11.8. The van der Waals surface area contributed by atoms with Gasteiger partial charge in [0.25, 0.3) is 5.91 Å². The average Bonchev–Trinajstić information content (AvgIpc) is 2.96. The standard InChI is InChI=1S/C18H14Cl2F3N3O/c1-3-13-15(17(27)25-14-5-4-11(19)6-9(14)2)26-8-10(18(21,22)23)7-12(20)16(26)24-13/h4-8H,3H2,1-2H3,(H,25,27). The summed E-state index contributed by atoms with van der Waals surface area (Å²) in [5.41, 5.74) is 0.711. The first-order valence-corrected chi connectivity index (χ1v) is 8.72. The predicted octanol–water partition coefficient (Wildman–Crippen LogP) is 5.78. The van der Waals surface area contributed by atoms with Crippen LogP contribution in [0.2, 0.25) is 10.0 Å². The van der Waals surface area contributed by atoms with Gasteiger partial charge in [-0.1, -0.05) is 30.1 Å². The number of carbonyl (C=O) groups excluding carboxylic acids is 1. The molecule has 3 rings (SSSR count). The fourth-order valence-electron chi connectivity index (χ4n) is 2.74. The third-order valence-corrected chi connectivity index (χ3v) is 4.57. The Bertz CT molecular complexity index is 1040. The monoisotopic (exact) mass is 415 g/mol. The van der Waals surface area contributed by atoms with E-state index < -0.39 is 17.6 Å². The summed E-state index contributed by atoms with van der Waals surface area (Å²) >= 11 is 11.9. The summed E-state index contributed by atoms with van der Waals surface area (Å²) in [5.74, 6) is -0.583. The zero-order chi connectivity index (χ0) is 19.9. The molecule has 142 valence electrons. The van der Waals surface area contributed by atoms with Crippen molar-refractivity contribution in [2.24, 2.45) is 0 Å². The lowest BCUT2D eigenvalue weighted by atomic mass is 10.2. The minimum absolute atomic E-state index is 0.00912. The maximum atomic E-state index is 13.1. The number of pyridine rings is 1. The molecule has 1 amide bonds. The molecule has 9 heteroatoms. The molecule has 4 nitrogen and oxygen atoms in total. The smallest absolute Gasteiger partial charge is 0.320 e. The second kappa shape index (κ2) is 7.05. The van der Waals surface area contributed by atoms with E-state index in [1.807, 2.05) is 0 Å².